The molecule has 0 saturated heterocycles. The average molecular weight is 276 g/mol. The molecule has 0 saturated carbocycles. The summed E-state index contributed by atoms with van der Waals surface area (Å²) in [6, 6.07) is 0. The molecule has 0 amide bonds. The van der Waals surface area contributed by atoms with Gasteiger partial charge in [-0.3, -0.25) is 0 Å². The molecule has 18 heavy (non-hydrogen) atoms. The van der Waals surface area contributed by atoms with E-state index in [2.05, 4.69) is 40.8 Å². The van der Waals surface area contributed by atoms with Gasteiger partial charge in [0, 0.05) is 12.0 Å². The number of hydrogen-bond acceptors (Lipinski definition) is 3. The largest absolute Gasteiger partial charge is 0.414 e. The summed E-state index contributed by atoms with van der Waals surface area (Å²) >= 11 is 0. The summed E-state index contributed by atoms with van der Waals surface area (Å²) in [6.07, 6.45) is -0.565. The van der Waals surface area contributed by atoms with E-state index in [9.17, 15) is 10.2 Å². The summed E-state index contributed by atoms with van der Waals surface area (Å²) in [6.45, 7) is 16.7. The van der Waals surface area contributed by atoms with E-state index in [4.69, 9.17) is 4.43 Å². The highest BCUT2D eigenvalue weighted by atomic mass is 28.4. The molecule has 0 aliphatic rings. The Kier molecular flexibility index (Phi) is 6.54. The molecule has 0 spiro atoms. The van der Waals surface area contributed by atoms with E-state index < -0.39 is 20.5 Å². The SMILES string of the molecule is CC[C@H](O[Si](C)(C)C(C)(C)C)[C@H](C)[C@@H](O)[C@@H](C)O. The van der Waals surface area contributed by atoms with Crippen molar-refractivity contribution in [3.05, 3.63) is 0 Å². The lowest BCUT2D eigenvalue weighted by Gasteiger charge is -2.41. The molecular formula is C14H32O3Si. The Labute approximate surface area is 114 Å². The van der Waals surface area contributed by atoms with Crippen molar-refractivity contribution in [2.45, 2.75) is 84.4 Å². The van der Waals surface area contributed by atoms with Crippen LogP contribution in [0, 0.1) is 5.92 Å². The van der Waals surface area contributed by atoms with Gasteiger partial charge in [0.1, 0.15) is 0 Å². The highest BCUT2D eigenvalue weighted by Gasteiger charge is 2.40. The van der Waals surface area contributed by atoms with Crippen molar-refractivity contribution < 1.29 is 14.6 Å². The first-order valence-electron chi connectivity index (χ1n) is 6.98. The van der Waals surface area contributed by atoms with Crippen LogP contribution in [0.4, 0.5) is 0 Å². The van der Waals surface area contributed by atoms with E-state index in [1.54, 1.807) is 6.92 Å². The van der Waals surface area contributed by atoms with Crippen LogP contribution in [0.3, 0.4) is 0 Å². The zero-order valence-electron chi connectivity index (χ0n) is 13.3. The van der Waals surface area contributed by atoms with Crippen molar-refractivity contribution in [2.24, 2.45) is 5.92 Å². The molecule has 0 aromatic carbocycles. The molecule has 0 heterocycles. The standard InChI is InChI=1S/C14H32O3Si/c1-9-12(10(2)13(16)11(3)15)17-18(7,8)14(4,5)6/h10-13,15-16H,9H2,1-8H3/t10-,11+,12-,13+/m0/s1. The molecule has 0 radical (unpaired) electrons. The topological polar surface area (TPSA) is 49.7 Å². The van der Waals surface area contributed by atoms with Gasteiger partial charge in [-0.05, 0) is 31.5 Å². The molecule has 3 nitrogen and oxygen atoms in total. The Morgan fingerprint density at radius 1 is 1.11 bits per heavy atom. The van der Waals surface area contributed by atoms with E-state index in [0.29, 0.717) is 0 Å². The Morgan fingerprint density at radius 3 is 1.83 bits per heavy atom. The van der Waals surface area contributed by atoms with Gasteiger partial charge in [0.15, 0.2) is 8.32 Å². The van der Waals surface area contributed by atoms with Crippen LogP contribution in [0.2, 0.25) is 18.1 Å². The molecule has 0 rings (SSSR count). The summed E-state index contributed by atoms with van der Waals surface area (Å²) in [5, 5.41) is 19.6. The van der Waals surface area contributed by atoms with Crippen LogP contribution in [-0.2, 0) is 4.43 Å². The molecule has 0 aromatic rings. The smallest absolute Gasteiger partial charge is 0.192 e. The van der Waals surface area contributed by atoms with Crippen LogP contribution in [0.1, 0.15) is 48.0 Å². The fraction of sp³-hybridized carbons (Fsp3) is 1.00. The minimum absolute atomic E-state index is 0.00971. The van der Waals surface area contributed by atoms with Crippen LogP contribution < -0.4 is 0 Å². The van der Waals surface area contributed by atoms with Gasteiger partial charge in [-0.15, -0.1) is 0 Å². The van der Waals surface area contributed by atoms with Gasteiger partial charge >= 0.3 is 0 Å². The highest BCUT2D eigenvalue weighted by molar-refractivity contribution is 6.74. The van der Waals surface area contributed by atoms with Gasteiger partial charge in [0.05, 0.1) is 12.2 Å². The lowest BCUT2D eigenvalue weighted by atomic mass is 9.93. The maximum absolute atomic E-state index is 9.98. The van der Waals surface area contributed by atoms with E-state index in [0.717, 1.165) is 6.42 Å². The molecule has 0 unspecified atom stereocenters. The van der Waals surface area contributed by atoms with Crippen molar-refractivity contribution in [3.63, 3.8) is 0 Å². The van der Waals surface area contributed by atoms with Gasteiger partial charge in [-0.25, -0.2) is 0 Å². The van der Waals surface area contributed by atoms with Crippen LogP contribution in [0.5, 0.6) is 0 Å². The number of hydrogen-bond donors (Lipinski definition) is 2. The van der Waals surface area contributed by atoms with Crippen molar-refractivity contribution in [1.82, 2.24) is 0 Å². The molecule has 0 fully saturated rings. The van der Waals surface area contributed by atoms with Crippen molar-refractivity contribution in [2.75, 3.05) is 0 Å². The Hall–Kier alpha value is 0.0969. The third-order valence-corrected chi connectivity index (χ3v) is 8.78. The predicted octanol–water partition coefficient (Wildman–Crippen LogP) is 3.16. The maximum atomic E-state index is 9.98. The molecule has 0 aliphatic heterocycles. The average Bonchev–Trinajstić information content (AvgIpc) is 2.22. The van der Waals surface area contributed by atoms with Crippen molar-refractivity contribution >= 4 is 8.32 Å². The zero-order valence-corrected chi connectivity index (χ0v) is 14.3. The first-order chi connectivity index (χ1) is 7.94. The fourth-order valence-electron chi connectivity index (χ4n) is 1.78. The number of aliphatic hydroxyl groups is 2. The molecular weight excluding hydrogens is 244 g/mol. The van der Waals surface area contributed by atoms with Gasteiger partial charge in [-0.2, -0.15) is 0 Å². The lowest BCUT2D eigenvalue weighted by molar-refractivity contribution is -0.0411. The molecule has 0 aromatic heterocycles. The first-order valence-corrected chi connectivity index (χ1v) is 9.88. The van der Waals surface area contributed by atoms with Crippen molar-refractivity contribution in [1.29, 1.82) is 0 Å². The predicted molar refractivity (Wildman–Crippen MR) is 79.2 cm³/mol. The summed E-state index contributed by atoms with van der Waals surface area (Å²) in [5.41, 5.74) is 0. The summed E-state index contributed by atoms with van der Waals surface area (Å²) in [4.78, 5) is 0. The summed E-state index contributed by atoms with van der Waals surface area (Å²) in [5.74, 6) is -0.0517. The molecule has 110 valence electrons. The Balaban J connectivity index is 4.81. The number of aliphatic hydroxyl groups excluding tert-OH is 2. The van der Waals surface area contributed by atoms with E-state index in [-0.39, 0.29) is 17.1 Å². The quantitative estimate of drug-likeness (QED) is 0.733. The Morgan fingerprint density at radius 2 is 1.56 bits per heavy atom. The van der Waals surface area contributed by atoms with Gasteiger partial charge in [-0.1, -0.05) is 34.6 Å². The highest BCUT2D eigenvalue weighted by Crippen LogP contribution is 2.38. The van der Waals surface area contributed by atoms with Crippen LogP contribution >= 0.6 is 0 Å². The lowest BCUT2D eigenvalue weighted by Crippen LogP contribution is -2.48. The van der Waals surface area contributed by atoms with Crippen LogP contribution in [0.25, 0.3) is 0 Å². The molecule has 0 bridgehead atoms. The molecule has 2 N–H and O–H groups in total. The zero-order chi connectivity index (χ0) is 14.7. The normalized spacial score (nSPS) is 20.3. The van der Waals surface area contributed by atoms with Gasteiger partial charge < -0.3 is 14.6 Å². The second kappa shape index (κ2) is 6.50. The van der Waals surface area contributed by atoms with Gasteiger partial charge in [0.25, 0.3) is 0 Å². The first kappa shape index (κ1) is 18.1. The van der Waals surface area contributed by atoms with Gasteiger partial charge in [0.2, 0.25) is 0 Å². The Bertz CT molecular complexity index is 246. The molecule has 4 atom stereocenters. The number of rotatable bonds is 6. The fourth-order valence-corrected chi connectivity index (χ4v) is 3.27. The minimum atomic E-state index is -1.83. The maximum Gasteiger partial charge on any atom is 0.192 e. The third kappa shape index (κ3) is 4.65. The third-order valence-electron chi connectivity index (χ3n) is 4.27. The minimum Gasteiger partial charge on any atom is -0.414 e. The van der Waals surface area contributed by atoms with Crippen molar-refractivity contribution in [3.8, 4) is 0 Å². The van der Waals surface area contributed by atoms with E-state index in [1.165, 1.54) is 0 Å². The van der Waals surface area contributed by atoms with E-state index in [1.807, 2.05) is 6.92 Å². The van der Waals surface area contributed by atoms with E-state index >= 15 is 0 Å². The summed E-state index contributed by atoms with van der Waals surface area (Å²) < 4.78 is 6.35. The van der Waals surface area contributed by atoms with Crippen LogP contribution in [0.15, 0.2) is 0 Å². The monoisotopic (exact) mass is 276 g/mol. The van der Waals surface area contributed by atoms with Crippen LogP contribution in [-0.4, -0.2) is 36.8 Å². The molecule has 0 aliphatic carbocycles. The summed E-state index contributed by atoms with van der Waals surface area (Å²) in [7, 11) is -1.83. The second-order valence-corrected chi connectivity index (χ2v) is 11.7. The second-order valence-electron chi connectivity index (χ2n) is 6.92. The molecule has 4 heteroatoms.